The highest BCUT2D eigenvalue weighted by molar-refractivity contribution is 5.92. The number of carbonyl (C=O) groups is 2. The number of piperazine rings is 1. The van der Waals surface area contributed by atoms with Gasteiger partial charge in [0.05, 0.1) is 0 Å². The van der Waals surface area contributed by atoms with Crippen LogP contribution in [0.25, 0.3) is 0 Å². The van der Waals surface area contributed by atoms with E-state index < -0.39 is 0 Å². The minimum absolute atomic E-state index is 0.0163. The van der Waals surface area contributed by atoms with Crippen LogP contribution < -0.4 is 4.90 Å². The van der Waals surface area contributed by atoms with Crippen LogP contribution in [-0.2, 0) is 4.79 Å². The van der Waals surface area contributed by atoms with Crippen molar-refractivity contribution in [1.29, 1.82) is 0 Å². The van der Waals surface area contributed by atoms with Gasteiger partial charge in [0.15, 0.2) is 11.5 Å². The van der Waals surface area contributed by atoms with Crippen LogP contribution in [0.4, 0.5) is 5.82 Å². The Labute approximate surface area is 142 Å². The molecule has 7 nitrogen and oxygen atoms in total. The van der Waals surface area contributed by atoms with Crippen molar-refractivity contribution in [2.45, 2.75) is 32.6 Å². The fourth-order valence-corrected chi connectivity index (χ4v) is 3.29. The minimum atomic E-state index is -0.0163. The topological polar surface area (TPSA) is 69.6 Å². The first kappa shape index (κ1) is 16.7. The number of hydrogen-bond acceptors (Lipinski definition) is 5. The maximum atomic E-state index is 12.5. The van der Waals surface area contributed by atoms with Crippen LogP contribution in [0, 0.1) is 0 Å². The van der Waals surface area contributed by atoms with Crippen LogP contribution in [0.2, 0.25) is 0 Å². The van der Waals surface area contributed by atoms with Crippen LogP contribution in [0.15, 0.2) is 12.1 Å². The lowest BCUT2D eigenvalue weighted by Crippen LogP contribution is -2.48. The molecule has 3 rings (SSSR count). The molecule has 0 aliphatic carbocycles. The minimum Gasteiger partial charge on any atom is -0.352 e. The molecule has 0 radical (unpaired) electrons. The SMILES string of the molecule is CC(=O)N1CCN(c2ccc(C(=O)N3CCCCCC3)nn2)CC1. The van der Waals surface area contributed by atoms with Crippen molar-refractivity contribution in [2.24, 2.45) is 0 Å². The molecule has 0 unspecified atom stereocenters. The van der Waals surface area contributed by atoms with Crippen molar-refractivity contribution >= 4 is 17.6 Å². The molecule has 0 aromatic carbocycles. The van der Waals surface area contributed by atoms with E-state index in [-0.39, 0.29) is 11.8 Å². The van der Waals surface area contributed by atoms with Crippen molar-refractivity contribution in [2.75, 3.05) is 44.2 Å². The van der Waals surface area contributed by atoms with Crippen LogP contribution in [0.1, 0.15) is 43.1 Å². The Morgan fingerprint density at radius 1 is 0.833 bits per heavy atom. The molecule has 0 spiro atoms. The number of rotatable bonds is 2. The Kier molecular flexibility index (Phi) is 5.27. The molecule has 7 heteroatoms. The summed E-state index contributed by atoms with van der Waals surface area (Å²) in [4.78, 5) is 29.7. The predicted octanol–water partition coefficient (Wildman–Crippen LogP) is 1.16. The lowest BCUT2D eigenvalue weighted by atomic mass is 10.2. The third-order valence-corrected chi connectivity index (χ3v) is 4.81. The first-order chi connectivity index (χ1) is 11.6. The zero-order chi connectivity index (χ0) is 16.9. The summed E-state index contributed by atoms with van der Waals surface area (Å²) in [5.74, 6) is 0.863. The Morgan fingerprint density at radius 2 is 1.50 bits per heavy atom. The Hall–Kier alpha value is -2.18. The summed E-state index contributed by atoms with van der Waals surface area (Å²) in [5, 5.41) is 8.39. The molecule has 3 heterocycles. The third kappa shape index (κ3) is 3.83. The fraction of sp³-hybridized carbons (Fsp3) is 0.647. The van der Waals surface area contributed by atoms with Crippen LogP contribution in [-0.4, -0.2) is 71.1 Å². The number of hydrogen-bond donors (Lipinski definition) is 0. The lowest BCUT2D eigenvalue weighted by Gasteiger charge is -2.34. The van der Waals surface area contributed by atoms with Gasteiger partial charge in [-0.05, 0) is 25.0 Å². The van der Waals surface area contributed by atoms with Gasteiger partial charge >= 0.3 is 0 Å². The molecule has 2 amide bonds. The van der Waals surface area contributed by atoms with Gasteiger partial charge in [0.25, 0.3) is 5.91 Å². The molecule has 0 atom stereocenters. The summed E-state index contributed by atoms with van der Waals surface area (Å²) in [6.45, 7) is 6.11. The monoisotopic (exact) mass is 331 g/mol. The van der Waals surface area contributed by atoms with E-state index in [4.69, 9.17) is 0 Å². The average Bonchev–Trinajstić information content (AvgIpc) is 2.91. The van der Waals surface area contributed by atoms with Gasteiger partial charge in [0.1, 0.15) is 0 Å². The second-order valence-electron chi connectivity index (χ2n) is 6.48. The number of nitrogens with zero attached hydrogens (tertiary/aromatic N) is 5. The summed E-state index contributed by atoms with van der Waals surface area (Å²) in [7, 11) is 0. The third-order valence-electron chi connectivity index (χ3n) is 4.81. The van der Waals surface area contributed by atoms with E-state index in [2.05, 4.69) is 15.1 Å². The van der Waals surface area contributed by atoms with E-state index in [1.54, 1.807) is 13.0 Å². The normalized spacial score (nSPS) is 19.1. The highest BCUT2D eigenvalue weighted by atomic mass is 16.2. The van der Waals surface area contributed by atoms with Gasteiger partial charge in [-0.1, -0.05) is 12.8 Å². The van der Waals surface area contributed by atoms with E-state index in [0.29, 0.717) is 18.8 Å². The lowest BCUT2D eigenvalue weighted by molar-refractivity contribution is -0.129. The summed E-state index contributed by atoms with van der Waals surface area (Å²) in [6, 6.07) is 3.63. The number of carbonyl (C=O) groups excluding carboxylic acids is 2. The van der Waals surface area contributed by atoms with Crippen molar-refractivity contribution in [1.82, 2.24) is 20.0 Å². The summed E-state index contributed by atoms with van der Waals surface area (Å²) in [6.07, 6.45) is 4.52. The van der Waals surface area contributed by atoms with Crippen molar-refractivity contribution in [3.05, 3.63) is 17.8 Å². The van der Waals surface area contributed by atoms with E-state index in [1.807, 2.05) is 15.9 Å². The largest absolute Gasteiger partial charge is 0.352 e. The van der Waals surface area contributed by atoms with Gasteiger partial charge in [-0.3, -0.25) is 9.59 Å². The number of likely N-dealkylation sites (tertiary alicyclic amines) is 1. The van der Waals surface area contributed by atoms with Gasteiger partial charge in [0.2, 0.25) is 5.91 Å². The van der Waals surface area contributed by atoms with Gasteiger partial charge in [-0.15, -0.1) is 10.2 Å². The molecule has 24 heavy (non-hydrogen) atoms. The standard InChI is InChI=1S/C17H25N5O2/c1-14(23)20-10-12-21(13-11-20)16-7-6-15(18-19-16)17(24)22-8-4-2-3-5-9-22/h6-7H,2-5,8-13H2,1H3. The Bertz CT molecular complexity index is 573. The molecular weight excluding hydrogens is 306 g/mol. The second-order valence-corrected chi connectivity index (χ2v) is 6.48. The maximum absolute atomic E-state index is 12.5. The first-order valence-corrected chi connectivity index (χ1v) is 8.78. The van der Waals surface area contributed by atoms with E-state index >= 15 is 0 Å². The van der Waals surface area contributed by atoms with Crippen LogP contribution in [0.5, 0.6) is 0 Å². The van der Waals surface area contributed by atoms with Crippen molar-refractivity contribution in [3.63, 3.8) is 0 Å². The number of amides is 2. The number of aromatic nitrogens is 2. The van der Waals surface area contributed by atoms with Crippen molar-refractivity contribution < 1.29 is 9.59 Å². The van der Waals surface area contributed by atoms with E-state index in [0.717, 1.165) is 44.8 Å². The number of anilines is 1. The molecule has 130 valence electrons. The quantitative estimate of drug-likeness (QED) is 0.813. The predicted molar refractivity (Wildman–Crippen MR) is 90.9 cm³/mol. The van der Waals surface area contributed by atoms with Crippen LogP contribution >= 0.6 is 0 Å². The average molecular weight is 331 g/mol. The summed E-state index contributed by atoms with van der Waals surface area (Å²) in [5.41, 5.74) is 0.419. The smallest absolute Gasteiger partial charge is 0.274 e. The molecule has 2 aliphatic rings. The molecular formula is C17H25N5O2. The zero-order valence-electron chi connectivity index (χ0n) is 14.3. The molecule has 2 fully saturated rings. The fourth-order valence-electron chi connectivity index (χ4n) is 3.29. The maximum Gasteiger partial charge on any atom is 0.274 e. The van der Waals surface area contributed by atoms with E-state index in [1.165, 1.54) is 12.8 Å². The Balaban J connectivity index is 1.61. The molecule has 0 saturated carbocycles. The van der Waals surface area contributed by atoms with Gasteiger partial charge in [-0.25, -0.2) is 0 Å². The second kappa shape index (κ2) is 7.59. The van der Waals surface area contributed by atoms with Gasteiger partial charge < -0.3 is 14.7 Å². The molecule has 1 aromatic heterocycles. The highest BCUT2D eigenvalue weighted by Gasteiger charge is 2.22. The van der Waals surface area contributed by atoms with Gasteiger partial charge in [0, 0.05) is 46.2 Å². The first-order valence-electron chi connectivity index (χ1n) is 8.78. The zero-order valence-corrected chi connectivity index (χ0v) is 14.3. The molecule has 0 bridgehead atoms. The molecule has 0 N–H and O–H groups in total. The van der Waals surface area contributed by atoms with E-state index in [9.17, 15) is 9.59 Å². The molecule has 2 saturated heterocycles. The Morgan fingerprint density at radius 3 is 2.04 bits per heavy atom. The summed E-state index contributed by atoms with van der Waals surface area (Å²) >= 11 is 0. The summed E-state index contributed by atoms with van der Waals surface area (Å²) < 4.78 is 0. The highest BCUT2D eigenvalue weighted by Crippen LogP contribution is 2.15. The van der Waals surface area contributed by atoms with Gasteiger partial charge in [-0.2, -0.15) is 0 Å². The van der Waals surface area contributed by atoms with Crippen LogP contribution in [0.3, 0.4) is 0 Å². The molecule has 2 aliphatic heterocycles. The van der Waals surface area contributed by atoms with Crippen molar-refractivity contribution in [3.8, 4) is 0 Å². The molecule has 1 aromatic rings.